The van der Waals surface area contributed by atoms with Crippen LogP contribution in [0.1, 0.15) is 11.1 Å². The van der Waals surface area contributed by atoms with Gasteiger partial charge in [0.2, 0.25) is 0 Å². The molecule has 0 unspecified atom stereocenters. The molecular formula is C23H18N2O4. The molecule has 0 aromatic heterocycles. The van der Waals surface area contributed by atoms with E-state index in [9.17, 15) is 15.4 Å². The number of benzene rings is 3. The number of allylic oxidation sites excluding steroid dienone is 1. The highest BCUT2D eigenvalue weighted by Gasteiger charge is 2.07. The van der Waals surface area contributed by atoms with Crippen molar-refractivity contribution in [3.8, 4) is 17.6 Å². The van der Waals surface area contributed by atoms with Crippen molar-refractivity contribution in [3.05, 3.63) is 100 Å². The summed E-state index contributed by atoms with van der Waals surface area (Å²) >= 11 is 0. The van der Waals surface area contributed by atoms with Gasteiger partial charge in [-0.05, 0) is 53.6 Å². The molecule has 0 aliphatic carbocycles. The van der Waals surface area contributed by atoms with Crippen LogP contribution in [-0.4, -0.2) is 18.1 Å². The molecule has 3 aromatic carbocycles. The lowest BCUT2D eigenvalue weighted by Gasteiger charge is -2.08. The van der Waals surface area contributed by atoms with Gasteiger partial charge in [0.1, 0.15) is 24.7 Å². The van der Waals surface area contributed by atoms with Gasteiger partial charge in [-0.2, -0.15) is 5.26 Å². The summed E-state index contributed by atoms with van der Waals surface area (Å²) in [4.78, 5) is 10.3. The van der Waals surface area contributed by atoms with Crippen LogP contribution in [-0.2, 0) is 0 Å². The monoisotopic (exact) mass is 386 g/mol. The molecule has 3 aromatic rings. The van der Waals surface area contributed by atoms with Gasteiger partial charge < -0.3 is 9.47 Å². The van der Waals surface area contributed by atoms with E-state index < -0.39 is 4.92 Å². The molecule has 0 saturated carbocycles. The topological polar surface area (TPSA) is 85.4 Å². The van der Waals surface area contributed by atoms with Crippen molar-refractivity contribution in [2.24, 2.45) is 0 Å². The zero-order valence-electron chi connectivity index (χ0n) is 15.5. The SMILES string of the molecule is N#CC(=Cc1ccc(OCCOc2ccccc2)cc1)c1ccc([N+](=O)[O-])cc1. The third kappa shape index (κ3) is 5.68. The van der Waals surface area contributed by atoms with Crippen LogP contribution in [0.4, 0.5) is 5.69 Å². The number of hydrogen-bond acceptors (Lipinski definition) is 5. The predicted octanol–water partition coefficient (Wildman–Crippen LogP) is 5.12. The first kappa shape index (κ1) is 19.6. The van der Waals surface area contributed by atoms with E-state index in [0.717, 1.165) is 11.3 Å². The van der Waals surface area contributed by atoms with Crippen LogP contribution >= 0.6 is 0 Å². The Bertz CT molecular complexity index is 1020. The largest absolute Gasteiger partial charge is 0.490 e. The Labute approximate surface area is 168 Å². The number of nitro benzene ring substituents is 1. The number of para-hydroxylation sites is 1. The van der Waals surface area contributed by atoms with Crippen molar-refractivity contribution < 1.29 is 14.4 Å². The summed E-state index contributed by atoms with van der Waals surface area (Å²) < 4.78 is 11.2. The van der Waals surface area contributed by atoms with E-state index in [2.05, 4.69) is 6.07 Å². The zero-order valence-corrected chi connectivity index (χ0v) is 15.5. The lowest BCUT2D eigenvalue weighted by molar-refractivity contribution is -0.384. The summed E-state index contributed by atoms with van der Waals surface area (Å²) in [5.41, 5.74) is 1.86. The van der Waals surface area contributed by atoms with Gasteiger partial charge in [0, 0.05) is 12.1 Å². The summed E-state index contributed by atoms with van der Waals surface area (Å²) in [6.45, 7) is 0.848. The first-order valence-corrected chi connectivity index (χ1v) is 8.93. The summed E-state index contributed by atoms with van der Waals surface area (Å²) in [7, 11) is 0. The number of rotatable bonds is 8. The van der Waals surface area contributed by atoms with Gasteiger partial charge in [-0.3, -0.25) is 10.1 Å². The molecule has 0 aliphatic heterocycles. The van der Waals surface area contributed by atoms with E-state index in [1.54, 1.807) is 18.2 Å². The minimum absolute atomic E-state index is 0.0104. The van der Waals surface area contributed by atoms with Gasteiger partial charge in [0.25, 0.3) is 5.69 Å². The van der Waals surface area contributed by atoms with E-state index in [1.165, 1.54) is 12.1 Å². The number of ether oxygens (including phenoxy) is 2. The van der Waals surface area contributed by atoms with Crippen molar-refractivity contribution in [2.75, 3.05) is 13.2 Å². The first-order chi connectivity index (χ1) is 14.2. The molecule has 0 radical (unpaired) electrons. The molecule has 144 valence electrons. The first-order valence-electron chi connectivity index (χ1n) is 8.93. The smallest absolute Gasteiger partial charge is 0.269 e. The third-order valence-electron chi connectivity index (χ3n) is 4.06. The van der Waals surface area contributed by atoms with Gasteiger partial charge in [-0.25, -0.2) is 0 Å². The fourth-order valence-corrected chi connectivity index (χ4v) is 2.61. The molecule has 6 nitrogen and oxygen atoms in total. The van der Waals surface area contributed by atoms with Crippen LogP contribution in [0.3, 0.4) is 0 Å². The normalized spacial score (nSPS) is 10.8. The lowest BCUT2D eigenvalue weighted by atomic mass is 10.0. The average Bonchev–Trinajstić information content (AvgIpc) is 2.77. The summed E-state index contributed by atoms with van der Waals surface area (Å²) in [5.74, 6) is 1.50. The molecule has 0 N–H and O–H groups in total. The molecular weight excluding hydrogens is 368 g/mol. The van der Waals surface area contributed by atoms with Crippen LogP contribution in [0.15, 0.2) is 78.9 Å². The maximum atomic E-state index is 10.7. The Kier molecular flexibility index (Phi) is 6.58. The van der Waals surface area contributed by atoms with E-state index in [4.69, 9.17) is 9.47 Å². The summed E-state index contributed by atoms with van der Waals surface area (Å²) in [6, 6.07) is 24.9. The Balaban J connectivity index is 1.58. The Hall–Kier alpha value is -4.11. The van der Waals surface area contributed by atoms with Gasteiger partial charge in [0.05, 0.1) is 16.6 Å². The minimum Gasteiger partial charge on any atom is -0.490 e. The number of nitrogens with zero attached hydrogens (tertiary/aromatic N) is 2. The van der Waals surface area contributed by atoms with Crippen molar-refractivity contribution in [1.82, 2.24) is 0 Å². The molecule has 0 fully saturated rings. The highest BCUT2D eigenvalue weighted by Crippen LogP contribution is 2.22. The van der Waals surface area contributed by atoms with Crippen LogP contribution < -0.4 is 9.47 Å². The molecule has 0 atom stereocenters. The van der Waals surface area contributed by atoms with Gasteiger partial charge in [-0.15, -0.1) is 0 Å². The van der Waals surface area contributed by atoms with E-state index in [0.29, 0.717) is 30.1 Å². The lowest BCUT2D eigenvalue weighted by Crippen LogP contribution is -2.08. The highest BCUT2D eigenvalue weighted by molar-refractivity contribution is 5.89. The van der Waals surface area contributed by atoms with Crippen molar-refractivity contribution >= 4 is 17.3 Å². The van der Waals surface area contributed by atoms with E-state index in [1.807, 2.05) is 54.6 Å². The number of nitriles is 1. The average molecular weight is 386 g/mol. The van der Waals surface area contributed by atoms with Crippen molar-refractivity contribution in [3.63, 3.8) is 0 Å². The highest BCUT2D eigenvalue weighted by atomic mass is 16.6. The van der Waals surface area contributed by atoms with Crippen LogP contribution in [0.5, 0.6) is 11.5 Å². The van der Waals surface area contributed by atoms with Crippen molar-refractivity contribution in [1.29, 1.82) is 5.26 Å². The van der Waals surface area contributed by atoms with Crippen LogP contribution in [0.2, 0.25) is 0 Å². The maximum absolute atomic E-state index is 10.7. The van der Waals surface area contributed by atoms with Crippen molar-refractivity contribution in [2.45, 2.75) is 0 Å². The molecule has 0 amide bonds. The predicted molar refractivity (Wildman–Crippen MR) is 110 cm³/mol. The van der Waals surface area contributed by atoms with Gasteiger partial charge in [0.15, 0.2) is 0 Å². The summed E-state index contributed by atoms with van der Waals surface area (Å²) in [6.07, 6.45) is 1.73. The second-order valence-corrected chi connectivity index (χ2v) is 6.05. The molecule has 0 heterocycles. The summed E-state index contributed by atoms with van der Waals surface area (Å²) in [5, 5.41) is 20.2. The molecule has 0 spiro atoms. The molecule has 0 saturated heterocycles. The molecule has 0 bridgehead atoms. The number of non-ortho nitro benzene ring substituents is 1. The van der Waals surface area contributed by atoms with E-state index in [-0.39, 0.29) is 5.69 Å². The van der Waals surface area contributed by atoms with Crippen LogP contribution in [0, 0.1) is 21.4 Å². The Morgan fingerprint density at radius 3 is 2.03 bits per heavy atom. The molecule has 3 rings (SSSR count). The number of nitro groups is 1. The Morgan fingerprint density at radius 1 is 0.897 bits per heavy atom. The third-order valence-corrected chi connectivity index (χ3v) is 4.06. The second-order valence-electron chi connectivity index (χ2n) is 6.05. The van der Waals surface area contributed by atoms with Crippen LogP contribution in [0.25, 0.3) is 11.6 Å². The second kappa shape index (κ2) is 9.72. The molecule has 0 aliphatic rings. The fraction of sp³-hybridized carbons (Fsp3) is 0.0870. The molecule has 29 heavy (non-hydrogen) atoms. The minimum atomic E-state index is -0.469. The Morgan fingerprint density at radius 2 is 1.48 bits per heavy atom. The van der Waals surface area contributed by atoms with E-state index >= 15 is 0 Å². The van der Waals surface area contributed by atoms with Gasteiger partial charge in [-0.1, -0.05) is 30.3 Å². The zero-order chi connectivity index (χ0) is 20.5. The molecule has 6 heteroatoms. The number of hydrogen-bond donors (Lipinski definition) is 0. The van der Waals surface area contributed by atoms with Gasteiger partial charge >= 0.3 is 0 Å². The standard InChI is InChI=1S/C23H18N2O4/c24-17-20(19-8-10-21(11-9-19)25(26)27)16-18-6-12-23(13-7-18)29-15-14-28-22-4-2-1-3-5-22/h1-13,16H,14-15H2. The maximum Gasteiger partial charge on any atom is 0.269 e. The fourth-order valence-electron chi connectivity index (χ4n) is 2.61. The quantitative estimate of drug-likeness (QED) is 0.176.